The van der Waals surface area contributed by atoms with Crippen molar-refractivity contribution in [1.82, 2.24) is 10.2 Å². The molecule has 0 aliphatic heterocycles. The summed E-state index contributed by atoms with van der Waals surface area (Å²) in [5, 5.41) is 3.65. The van der Waals surface area contributed by atoms with Crippen molar-refractivity contribution in [3.63, 3.8) is 0 Å². The van der Waals surface area contributed by atoms with Gasteiger partial charge in [-0.15, -0.1) is 0 Å². The molecule has 4 aromatic rings. The minimum absolute atomic E-state index is 0.00527. The van der Waals surface area contributed by atoms with Crippen molar-refractivity contribution in [3.8, 4) is 11.5 Å². The summed E-state index contributed by atoms with van der Waals surface area (Å²) in [6.07, 6.45) is 5.09. The van der Waals surface area contributed by atoms with Gasteiger partial charge in [0.2, 0.25) is 11.8 Å². The number of aryl methyl sites for hydroxylation is 1. The van der Waals surface area contributed by atoms with Gasteiger partial charge >= 0.3 is 0 Å². The number of halogens is 1. The van der Waals surface area contributed by atoms with Crippen molar-refractivity contribution in [2.75, 3.05) is 25.1 Å². The fraction of sp³-hybridized carbons (Fsp3) is 0.333. The van der Waals surface area contributed by atoms with E-state index in [4.69, 9.17) is 21.1 Å². The lowest BCUT2D eigenvalue weighted by Gasteiger charge is -2.35. The van der Waals surface area contributed by atoms with Crippen LogP contribution in [0.2, 0.25) is 5.02 Å². The normalized spacial score (nSPS) is 14.0. The number of benzene rings is 4. The molecule has 1 aliphatic carbocycles. The third-order valence-corrected chi connectivity index (χ3v) is 11.2. The van der Waals surface area contributed by atoms with Crippen molar-refractivity contribution in [1.29, 1.82) is 0 Å². The van der Waals surface area contributed by atoms with Gasteiger partial charge in [0, 0.05) is 30.1 Å². The first-order valence-corrected chi connectivity index (χ1v) is 18.6. The van der Waals surface area contributed by atoms with Crippen molar-refractivity contribution in [2.45, 2.75) is 69.0 Å². The molecule has 1 atom stereocenters. The summed E-state index contributed by atoms with van der Waals surface area (Å²) in [6.45, 7) is 1.20. The quantitative estimate of drug-likeness (QED) is 0.151. The Morgan fingerprint density at radius 1 is 0.880 bits per heavy atom. The summed E-state index contributed by atoms with van der Waals surface area (Å²) >= 11 is 6.64. The fourth-order valence-corrected chi connectivity index (χ4v) is 7.86. The topological polar surface area (TPSA) is 105 Å². The maximum atomic E-state index is 14.9. The Hall–Kier alpha value is -4.54. The molecular weight excluding hydrogens is 674 g/mol. The van der Waals surface area contributed by atoms with Gasteiger partial charge < -0.3 is 19.7 Å². The van der Waals surface area contributed by atoms with Gasteiger partial charge in [-0.25, -0.2) is 8.42 Å². The molecular formula is C39H44ClN3O6S. The molecule has 0 heterocycles. The second-order valence-corrected chi connectivity index (χ2v) is 14.8. The van der Waals surface area contributed by atoms with Crippen LogP contribution in [0.4, 0.5) is 5.69 Å². The number of carbonyl (C=O) groups excluding carboxylic acids is 2. The Morgan fingerprint density at radius 3 is 2.22 bits per heavy atom. The number of anilines is 1. The number of rotatable bonds is 14. The third-order valence-electron chi connectivity index (χ3n) is 9.06. The number of hydrogen-bond donors (Lipinski definition) is 1. The van der Waals surface area contributed by atoms with E-state index in [1.807, 2.05) is 43.3 Å². The Morgan fingerprint density at radius 2 is 1.56 bits per heavy atom. The second-order valence-electron chi connectivity index (χ2n) is 12.5. The molecule has 1 aliphatic rings. The van der Waals surface area contributed by atoms with E-state index in [-0.39, 0.29) is 41.2 Å². The molecule has 2 amide bonds. The molecule has 4 aromatic carbocycles. The van der Waals surface area contributed by atoms with Gasteiger partial charge in [-0.3, -0.25) is 13.9 Å². The number of amides is 2. The van der Waals surface area contributed by atoms with Crippen LogP contribution in [0.25, 0.3) is 0 Å². The predicted molar refractivity (Wildman–Crippen MR) is 196 cm³/mol. The van der Waals surface area contributed by atoms with Gasteiger partial charge in [0.25, 0.3) is 10.0 Å². The zero-order chi connectivity index (χ0) is 35.7. The molecule has 0 radical (unpaired) electrons. The number of nitrogens with one attached hydrogen (secondary N) is 1. The highest BCUT2D eigenvalue weighted by Crippen LogP contribution is 2.36. The molecule has 11 heteroatoms. The number of methoxy groups -OCH3 is 2. The lowest BCUT2D eigenvalue weighted by molar-refractivity contribution is -0.140. The van der Waals surface area contributed by atoms with E-state index in [1.54, 1.807) is 42.5 Å². The van der Waals surface area contributed by atoms with Crippen LogP contribution in [0.15, 0.2) is 102 Å². The average Bonchev–Trinajstić information content (AvgIpc) is 3.13. The monoisotopic (exact) mass is 717 g/mol. The first kappa shape index (κ1) is 36.7. The number of hydrogen-bond acceptors (Lipinski definition) is 6. The van der Waals surface area contributed by atoms with E-state index in [9.17, 15) is 18.0 Å². The van der Waals surface area contributed by atoms with E-state index in [0.29, 0.717) is 16.3 Å². The lowest BCUT2D eigenvalue weighted by Crippen LogP contribution is -2.55. The SMILES string of the molecule is COc1ccc(OC)c(N(CC(=O)N(Cc2ccccc2Cl)[C@@H](Cc2ccccc2)C(=O)NC2CCCCC2)S(=O)(=O)c2ccc(C)cc2)c1. The molecule has 0 aromatic heterocycles. The average molecular weight is 718 g/mol. The summed E-state index contributed by atoms with van der Waals surface area (Å²) in [5.41, 5.74) is 2.47. The summed E-state index contributed by atoms with van der Waals surface area (Å²) in [4.78, 5) is 30.7. The maximum Gasteiger partial charge on any atom is 0.264 e. The highest BCUT2D eigenvalue weighted by molar-refractivity contribution is 7.92. The molecule has 0 unspecified atom stereocenters. The number of sulfonamides is 1. The van der Waals surface area contributed by atoms with Crippen LogP contribution in [-0.2, 0) is 32.6 Å². The second kappa shape index (κ2) is 16.9. The number of carbonyl (C=O) groups is 2. The van der Waals surface area contributed by atoms with E-state index < -0.39 is 28.5 Å². The molecule has 0 bridgehead atoms. The molecule has 1 fully saturated rings. The van der Waals surface area contributed by atoms with Crippen molar-refractivity contribution in [2.24, 2.45) is 0 Å². The first-order chi connectivity index (χ1) is 24.1. The van der Waals surface area contributed by atoms with Gasteiger partial charge in [-0.1, -0.05) is 97.1 Å². The highest BCUT2D eigenvalue weighted by Gasteiger charge is 2.36. The smallest absolute Gasteiger partial charge is 0.264 e. The van der Waals surface area contributed by atoms with E-state index in [2.05, 4.69) is 5.32 Å². The van der Waals surface area contributed by atoms with Gasteiger partial charge in [-0.2, -0.15) is 0 Å². The van der Waals surface area contributed by atoms with Crippen LogP contribution < -0.4 is 19.1 Å². The van der Waals surface area contributed by atoms with Gasteiger partial charge in [0.1, 0.15) is 24.1 Å². The zero-order valence-corrected chi connectivity index (χ0v) is 30.3. The standard InChI is InChI=1S/C39H44ClN3O6S/c1-28-18-21-33(22-19-28)50(46,47)43(35-25-32(48-2)20-23-37(35)49-3)27-38(44)42(26-30-14-10-11-17-34(30)40)36(24-29-12-6-4-7-13-29)39(45)41-31-15-8-5-9-16-31/h4,6-7,10-14,17-23,25,31,36H,5,8-9,15-16,24,26-27H2,1-3H3,(H,41,45)/t36-/m0/s1. The summed E-state index contributed by atoms with van der Waals surface area (Å²) in [6, 6.07) is 26.8. The van der Waals surface area contributed by atoms with E-state index in [1.165, 1.54) is 37.3 Å². The summed E-state index contributed by atoms with van der Waals surface area (Å²) < 4.78 is 41.1. The Labute approximate surface area is 300 Å². The van der Waals surface area contributed by atoms with Crippen LogP contribution in [0.5, 0.6) is 11.5 Å². The molecule has 50 heavy (non-hydrogen) atoms. The molecule has 9 nitrogen and oxygen atoms in total. The minimum Gasteiger partial charge on any atom is -0.497 e. The number of ether oxygens (including phenoxy) is 2. The van der Waals surface area contributed by atoms with Gasteiger partial charge in [0.15, 0.2) is 0 Å². The largest absolute Gasteiger partial charge is 0.497 e. The third kappa shape index (κ3) is 8.97. The first-order valence-electron chi connectivity index (χ1n) is 16.8. The van der Waals surface area contributed by atoms with Crippen molar-refractivity contribution >= 4 is 39.1 Å². The molecule has 5 rings (SSSR count). The Bertz CT molecular complexity index is 1860. The van der Waals surface area contributed by atoms with Crippen LogP contribution in [0.1, 0.15) is 48.8 Å². The lowest BCUT2D eigenvalue weighted by atomic mass is 9.94. The molecule has 264 valence electrons. The van der Waals surface area contributed by atoms with Crippen LogP contribution in [-0.4, -0.2) is 58.0 Å². The molecule has 1 saturated carbocycles. The van der Waals surface area contributed by atoms with Crippen molar-refractivity contribution in [3.05, 3.63) is 119 Å². The Kier molecular flexibility index (Phi) is 12.4. The summed E-state index contributed by atoms with van der Waals surface area (Å²) in [5.74, 6) is -0.292. The molecule has 0 spiro atoms. The van der Waals surface area contributed by atoms with Crippen LogP contribution in [0.3, 0.4) is 0 Å². The van der Waals surface area contributed by atoms with Gasteiger partial charge in [0.05, 0.1) is 24.8 Å². The minimum atomic E-state index is -4.34. The van der Waals surface area contributed by atoms with Crippen LogP contribution in [0, 0.1) is 6.92 Å². The van der Waals surface area contributed by atoms with Gasteiger partial charge in [-0.05, 0) is 61.2 Å². The fourth-order valence-electron chi connectivity index (χ4n) is 6.25. The van der Waals surface area contributed by atoms with Crippen LogP contribution >= 0.6 is 11.6 Å². The highest BCUT2D eigenvalue weighted by atomic mass is 35.5. The number of nitrogens with zero attached hydrogens (tertiary/aromatic N) is 2. The Balaban J connectivity index is 1.62. The predicted octanol–water partition coefficient (Wildman–Crippen LogP) is 6.95. The zero-order valence-electron chi connectivity index (χ0n) is 28.7. The summed E-state index contributed by atoms with van der Waals surface area (Å²) in [7, 11) is -1.44. The molecule has 1 N–H and O–H groups in total. The van der Waals surface area contributed by atoms with E-state index in [0.717, 1.165) is 47.5 Å². The van der Waals surface area contributed by atoms with E-state index >= 15 is 0 Å². The van der Waals surface area contributed by atoms with Crippen molar-refractivity contribution < 1.29 is 27.5 Å². The maximum absolute atomic E-state index is 14.9. The molecule has 0 saturated heterocycles.